The molecule has 0 saturated heterocycles. The third-order valence-electron chi connectivity index (χ3n) is 1.08. The maximum atomic E-state index is 11.0. The summed E-state index contributed by atoms with van der Waals surface area (Å²) in [5, 5.41) is 11.2. The van der Waals surface area contributed by atoms with Crippen molar-refractivity contribution in [2.75, 3.05) is 5.32 Å². The molecule has 0 aliphatic rings. The monoisotopic (exact) mass is 201 g/mol. The minimum absolute atomic E-state index is 0.131. The Hall–Kier alpha value is -1.17. The lowest BCUT2D eigenvalue weighted by Gasteiger charge is -2.06. The van der Waals surface area contributed by atoms with Crippen molar-refractivity contribution in [3.05, 3.63) is 5.01 Å². The van der Waals surface area contributed by atoms with Crippen LogP contribution in [0, 0.1) is 6.92 Å². The molecule has 72 valence electrons. The zero-order chi connectivity index (χ0) is 9.84. The number of rotatable bonds is 2. The first kappa shape index (κ1) is 9.91. The normalized spacial score (nSPS) is 10.2. The fourth-order valence-electron chi connectivity index (χ4n) is 0.678. The summed E-state index contributed by atoms with van der Waals surface area (Å²) < 4.78 is 4.85. The number of nitrogens with one attached hydrogen (secondary N) is 1. The number of carbonyl (C=O) groups is 1. The molecule has 1 N–H and O–H groups in total. The number of anilines is 1. The Balaban J connectivity index is 2.45. The first-order chi connectivity index (χ1) is 6.08. The highest BCUT2D eigenvalue weighted by Crippen LogP contribution is 2.13. The van der Waals surface area contributed by atoms with Gasteiger partial charge in [-0.05, 0) is 20.8 Å². The van der Waals surface area contributed by atoms with E-state index in [-0.39, 0.29) is 6.10 Å². The Bertz CT molecular complexity index is 298. The molecular formula is C7H11N3O2S. The zero-order valence-corrected chi connectivity index (χ0v) is 8.51. The molecule has 0 fully saturated rings. The molecule has 0 aliphatic heterocycles. The Morgan fingerprint density at radius 2 is 2.23 bits per heavy atom. The second-order valence-corrected chi connectivity index (χ2v) is 3.89. The van der Waals surface area contributed by atoms with Crippen molar-refractivity contribution in [1.82, 2.24) is 10.2 Å². The molecule has 0 unspecified atom stereocenters. The predicted molar refractivity (Wildman–Crippen MR) is 49.9 cm³/mol. The summed E-state index contributed by atoms with van der Waals surface area (Å²) in [4.78, 5) is 11.0. The summed E-state index contributed by atoms with van der Waals surface area (Å²) in [6, 6.07) is 0. The van der Waals surface area contributed by atoms with Gasteiger partial charge in [-0.15, -0.1) is 10.2 Å². The fraction of sp³-hybridized carbons (Fsp3) is 0.571. The molecule has 1 aromatic rings. The standard InChI is InChI=1S/C7H11N3O2S/c1-4(2)12-7(11)8-6-10-9-5(3)13-6/h4H,1-3H3,(H,8,10,11). The van der Waals surface area contributed by atoms with Crippen LogP contribution in [0.4, 0.5) is 9.93 Å². The molecule has 0 bridgehead atoms. The van der Waals surface area contributed by atoms with E-state index in [1.807, 2.05) is 6.92 Å². The highest BCUT2D eigenvalue weighted by molar-refractivity contribution is 7.15. The third-order valence-corrected chi connectivity index (χ3v) is 1.83. The van der Waals surface area contributed by atoms with Crippen LogP contribution in [0.1, 0.15) is 18.9 Å². The van der Waals surface area contributed by atoms with Crippen LogP contribution in [0.2, 0.25) is 0 Å². The molecule has 1 rings (SSSR count). The van der Waals surface area contributed by atoms with Gasteiger partial charge in [0.2, 0.25) is 5.13 Å². The van der Waals surface area contributed by atoms with Crippen LogP contribution in [0.3, 0.4) is 0 Å². The Labute approximate surface area is 80.1 Å². The van der Waals surface area contributed by atoms with E-state index in [1.165, 1.54) is 11.3 Å². The molecular weight excluding hydrogens is 190 g/mol. The first-order valence-corrected chi connectivity index (χ1v) is 4.67. The van der Waals surface area contributed by atoms with Crippen molar-refractivity contribution < 1.29 is 9.53 Å². The van der Waals surface area contributed by atoms with E-state index in [4.69, 9.17) is 4.74 Å². The Morgan fingerprint density at radius 3 is 2.69 bits per heavy atom. The van der Waals surface area contributed by atoms with Crippen molar-refractivity contribution in [2.24, 2.45) is 0 Å². The van der Waals surface area contributed by atoms with Crippen LogP contribution in [0.25, 0.3) is 0 Å². The van der Waals surface area contributed by atoms with Crippen LogP contribution >= 0.6 is 11.3 Å². The minimum Gasteiger partial charge on any atom is -0.447 e. The van der Waals surface area contributed by atoms with E-state index in [0.717, 1.165) is 5.01 Å². The van der Waals surface area contributed by atoms with Gasteiger partial charge in [-0.25, -0.2) is 4.79 Å². The van der Waals surface area contributed by atoms with Crippen LogP contribution in [0.15, 0.2) is 0 Å². The molecule has 6 heteroatoms. The lowest BCUT2D eigenvalue weighted by Crippen LogP contribution is -2.17. The maximum absolute atomic E-state index is 11.0. The summed E-state index contributed by atoms with van der Waals surface area (Å²) in [5.41, 5.74) is 0. The van der Waals surface area contributed by atoms with E-state index < -0.39 is 6.09 Å². The van der Waals surface area contributed by atoms with E-state index in [9.17, 15) is 4.79 Å². The van der Waals surface area contributed by atoms with Gasteiger partial charge in [-0.3, -0.25) is 5.32 Å². The number of amides is 1. The molecule has 0 saturated carbocycles. The lowest BCUT2D eigenvalue weighted by molar-refractivity contribution is 0.130. The van der Waals surface area contributed by atoms with Crippen LogP contribution < -0.4 is 5.32 Å². The first-order valence-electron chi connectivity index (χ1n) is 3.85. The quantitative estimate of drug-likeness (QED) is 0.792. The number of hydrogen-bond acceptors (Lipinski definition) is 5. The fourth-order valence-corrected chi connectivity index (χ4v) is 1.26. The van der Waals surface area contributed by atoms with Gasteiger partial charge in [0.1, 0.15) is 5.01 Å². The topological polar surface area (TPSA) is 64.1 Å². The molecule has 0 aromatic carbocycles. The van der Waals surface area contributed by atoms with Gasteiger partial charge in [0, 0.05) is 0 Å². The van der Waals surface area contributed by atoms with Crippen LogP contribution in [-0.2, 0) is 4.74 Å². The van der Waals surface area contributed by atoms with Crippen LogP contribution in [-0.4, -0.2) is 22.4 Å². The molecule has 1 amide bonds. The van der Waals surface area contributed by atoms with Crippen molar-refractivity contribution >= 4 is 22.6 Å². The third kappa shape index (κ3) is 3.37. The van der Waals surface area contributed by atoms with Gasteiger partial charge in [0.25, 0.3) is 0 Å². The molecule has 0 aliphatic carbocycles. The van der Waals surface area contributed by atoms with Gasteiger partial charge in [-0.1, -0.05) is 11.3 Å². The zero-order valence-electron chi connectivity index (χ0n) is 7.70. The van der Waals surface area contributed by atoms with E-state index >= 15 is 0 Å². The number of carbonyl (C=O) groups excluding carboxylic acids is 1. The molecule has 5 nitrogen and oxygen atoms in total. The Kier molecular flexibility index (Phi) is 3.18. The minimum atomic E-state index is -0.494. The molecule has 1 aromatic heterocycles. The summed E-state index contributed by atoms with van der Waals surface area (Å²) >= 11 is 1.31. The molecule has 0 radical (unpaired) electrons. The summed E-state index contributed by atoms with van der Waals surface area (Å²) in [6.07, 6.45) is -0.625. The van der Waals surface area contributed by atoms with Crippen LogP contribution in [0.5, 0.6) is 0 Å². The number of hydrogen-bond donors (Lipinski definition) is 1. The smallest absolute Gasteiger partial charge is 0.413 e. The van der Waals surface area contributed by atoms with Gasteiger partial charge < -0.3 is 4.74 Å². The van der Waals surface area contributed by atoms with Crippen molar-refractivity contribution in [1.29, 1.82) is 0 Å². The SMILES string of the molecule is Cc1nnc(NC(=O)OC(C)C)s1. The highest BCUT2D eigenvalue weighted by Gasteiger charge is 2.08. The summed E-state index contributed by atoms with van der Waals surface area (Å²) in [5.74, 6) is 0. The van der Waals surface area contributed by atoms with Crippen molar-refractivity contribution in [3.63, 3.8) is 0 Å². The van der Waals surface area contributed by atoms with Crippen molar-refractivity contribution in [3.8, 4) is 0 Å². The van der Waals surface area contributed by atoms with Gasteiger partial charge in [0.05, 0.1) is 6.10 Å². The number of ether oxygens (including phenoxy) is 1. The number of aryl methyl sites for hydroxylation is 1. The van der Waals surface area contributed by atoms with E-state index in [2.05, 4.69) is 15.5 Å². The Morgan fingerprint density at radius 1 is 1.54 bits per heavy atom. The second kappa shape index (κ2) is 4.18. The summed E-state index contributed by atoms with van der Waals surface area (Å²) in [7, 11) is 0. The molecule has 0 atom stereocenters. The predicted octanol–water partition coefficient (Wildman–Crippen LogP) is 1.80. The molecule has 1 heterocycles. The number of aromatic nitrogens is 2. The van der Waals surface area contributed by atoms with E-state index in [0.29, 0.717) is 5.13 Å². The van der Waals surface area contributed by atoms with E-state index in [1.54, 1.807) is 13.8 Å². The second-order valence-electron chi connectivity index (χ2n) is 2.71. The maximum Gasteiger partial charge on any atom is 0.413 e. The average Bonchev–Trinajstić information content (AvgIpc) is 2.33. The van der Waals surface area contributed by atoms with Gasteiger partial charge in [-0.2, -0.15) is 0 Å². The average molecular weight is 201 g/mol. The number of nitrogens with zero attached hydrogens (tertiary/aromatic N) is 2. The van der Waals surface area contributed by atoms with Gasteiger partial charge >= 0.3 is 6.09 Å². The van der Waals surface area contributed by atoms with Gasteiger partial charge in [0.15, 0.2) is 0 Å². The lowest BCUT2D eigenvalue weighted by atomic mass is 10.5. The summed E-state index contributed by atoms with van der Waals surface area (Å²) in [6.45, 7) is 5.38. The largest absolute Gasteiger partial charge is 0.447 e. The highest BCUT2D eigenvalue weighted by atomic mass is 32.1. The van der Waals surface area contributed by atoms with Crippen molar-refractivity contribution in [2.45, 2.75) is 26.9 Å². The molecule has 13 heavy (non-hydrogen) atoms. The molecule has 0 spiro atoms.